The number of thioether (sulfide) groups is 1. The Labute approximate surface area is 119 Å². The van der Waals surface area contributed by atoms with Gasteiger partial charge in [0.25, 0.3) is 0 Å². The van der Waals surface area contributed by atoms with Gasteiger partial charge in [0.1, 0.15) is 0 Å². The number of aliphatic carboxylic acids is 1. The van der Waals surface area contributed by atoms with Crippen LogP contribution < -0.4 is 0 Å². The Hall–Kier alpha value is -0.910. The molecule has 0 spiro atoms. The molecule has 110 valence electrons. The first-order chi connectivity index (χ1) is 8.70. The maximum Gasteiger partial charge on any atom is 0.320 e. The molecule has 0 aromatic heterocycles. The van der Waals surface area contributed by atoms with Crippen LogP contribution >= 0.6 is 11.8 Å². The molecule has 1 heterocycles. The van der Waals surface area contributed by atoms with Gasteiger partial charge in [0.15, 0.2) is 0 Å². The van der Waals surface area contributed by atoms with Crippen LogP contribution in [0.1, 0.15) is 27.2 Å². The molecule has 5 nitrogen and oxygen atoms in total. The zero-order valence-electron chi connectivity index (χ0n) is 12.2. The predicted molar refractivity (Wildman–Crippen MR) is 77.6 cm³/mol. The van der Waals surface area contributed by atoms with E-state index in [9.17, 15) is 9.59 Å². The highest BCUT2D eigenvalue weighted by molar-refractivity contribution is 7.99. The van der Waals surface area contributed by atoms with Crippen molar-refractivity contribution in [3.63, 3.8) is 0 Å². The molecule has 0 aromatic carbocycles. The second-order valence-corrected chi connectivity index (χ2v) is 7.37. The normalized spacial score (nSPS) is 20.2. The van der Waals surface area contributed by atoms with E-state index >= 15 is 0 Å². The second kappa shape index (κ2) is 6.50. The number of amides is 2. The van der Waals surface area contributed by atoms with Crippen LogP contribution in [0.3, 0.4) is 0 Å². The Balaban J connectivity index is 2.68. The topological polar surface area (TPSA) is 60.9 Å². The van der Waals surface area contributed by atoms with Gasteiger partial charge in [0.2, 0.25) is 0 Å². The SMILES string of the molecule is CN(CC(C)(C)C)C(=O)N1CCSCC1CC(=O)O. The van der Waals surface area contributed by atoms with Crippen LogP contribution in [0, 0.1) is 5.41 Å². The van der Waals surface area contributed by atoms with Crippen molar-refractivity contribution in [3.05, 3.63) is 0 Å². The molecule has 1 N–H and O–H groups in total. The van der Waals surface area contributed by atoms with Crippen LogP contribution in [0.15, 0.2) is 0 Å². The van der Waals surface area contributed by atoms with E-state index in [4.69, 9.17) is 5.11 Å². The number of hydrogen-bond donors (Lipinski definition) is 1. The Morgan fingerprint density at radius 2 is 2.05 bits per heavy atom. The quantitative estimate of drug-likeness (QED) is 0.862. The van der Waals surface area contributed by atoms with E-state index in [2.05, 4.69) is 20.8 Å². The largest absolute Gasteiger partial charge is 0.481 e. The van der Waals surface area contributed by atoms with E-state index in [1.807, 2.05) is 0 Å². The molecular formula is C13H24N2O3S. The zero-order chi connectivity index (χ0) is 14.6. The minimum atomic E-state index is -0.844. The van der Waals surface area contributed by atoms with E-state index in [1.54, 1.807) is 28.6 Å². The molecular weight excluding hydrogens is 264 g/mol. The van der Waals surface area contributed by atoms with Gasteiger partial charge in [-0.3, -0.25) is 4.79 Å². The van der Waals surface area contributed by atoms with Crippen molar-refractivity contribution in [2.45, 2.75) is 33.2 Å². The Morgan fingerprint density at radius 3 is 2.58 bits per heavy atom. The van der Waals surface area contributed by atoms with E-state index < -0.39 is 5.97 Å². The summed E-state index contributed by atoms with van der Waals surface area (Å²) in [7, 11) is 1.78. The lowest BCUT2D eigenvalue weighted by Crippen LogP contribution is -2.52. The molecule has 0 aromatic rings. The standard InChI is InChI=1S/C13H24N2O3S/c1-13(2,3)9-14(4)12(18)15-5-6-19-8-10(15)7-11(16)17/h10H,5-9H2,1-4H3,(H,16,17). The fourth-order valence-electron chi connectivity index (χ4n) is 2.28. The molecule has 19 heavy (non-hydrogen) atoms. The van der Waals surface area contributed by atoms with Crippen molar-refractivity contribution in [2.75, 3.05) is 31.6 Å². The number of carbonyl (C=O) groups excluding carboxylic acids is 1. The lowest BCUT2D eigenvalue weighted by Gasteiger charge is -2.38. The molecule has 2 amide bonds. The first-order valence-electron chi connectivity index (χ1n) is 6.52. The molecule has 1 aliphatic rings. The minimum absolute atomic E-state index is 0.0299. The highest BCUT2D eigenvalue weighted by Gasteiger charge is 2.31. The summed E-state index contributed by atoms with van der Waals surface area (Å²) in [6.45, 7) is 7.54. The Kier molecular flexibility index (Phi) is 5.52. The minimum Gasteiger partial charge on any atom is -0.481 e. The Bertz CT molecular complexity index is 341. The van der Waals surface area contributed by atoms with Crippen molar-refractivity contribution in [1.29, 1.82) is 0 Å². The van der Waals surface area contributed by atoms with Crippen LogP contribution in [-0.2, 0) is 4.79 Å². The molecule has 0 saturated carbocycles. The third-order valence-electron chi connectivity index (χ3n) is 2.92. The van der Waals surface area contributed by atoms with Crippen LogP contribution in [0.2, 0.25) is 0 Å². The zero-order valence-corrected chi connectivity index (χ0v) is 13.0. The van der Waals surface area contributed by atoms with Crippen LogP contribution in [-0.4, -0.2) is 64.6 Å². The van der Waals surface area contributed by atoms with E-state index in [-0.39, 0.29) is 23.9 Å². The molecule has 6 heteroatoms. The summed E-state index contributed by atoms with van der Waals surface area (Å²) in [4.78, 5) is 26.7. The van der Waals surface area contributed by atoms with Gasteiger partial charge >= 0.3 is 12.0 Å². The number of rotatable bonds is 3. The van der Waals surface area contributed by atoms with Crippen LogP contribution in [0.5, 0.6) is 0 Å². The maximum absolute atomic E-state index is 12.4. The number of nitrogens with zero attached hydrogens (tertiary/aromatic N) is 2. The van der Waals surface area contributed by atoms with Gasteiger partial charge in [-0.15, -0.1) is 0 Å². The van der Waals surface area contributed by atoms with Crippen molar-refractivity contribution in [1.82, 2.24) is 9.80 Å². The molecule has 1 atom stereocenters. The Morgan fingerprint density at radius 1 is 1.42 bits per heavy atom. The third-order valence-corrected chi connectivity index (χ3v) is 4.01. The average molecular weight is 288 g/mol. The summed E-state index contributed by atoms with van der Waals surface area (Å²) in [6, 6.07) is -0.243. The summed E-state index contributed by atoms with van der Waals surface area (Å²) < 4.78 is 0. The number of carbonyl (C=O) groups is 2. The smallest absolute Gasteiger partial charge is 0.320 e. The fourth-order valence-corrected chi connectivity index (χ4v) is 3.34. The lowest BCUT2D eigenvalue weighted by molar-refractivity contribution is -0.138. The molecule has 1 unspecified atom stereocenters. The van der Waals surface area contributed by atoms with Crippen molar-refractivity contribution >= 4 is 23.8 Å². The summed E-state index contributed by atoms with van der Waals surface area (Å²) in [5.74, 6) is 0.746. The number of carboxylic acids is 1. The lowest BCUT2D eigenvalue weighted by atomic mass is 9.96. The first kappa shape index (κ1) is 16.1. The molecule has 1 fully saturated rings. The third kappa shape index (κ3) is 5.30. The number of carboxylic acid groups (broad SMARTS) is 1. The fraction of sp³-hybridized carbons (Fsp3) is 0.846. The summed E-state index contributed by atoms with van der Waals surface area (Å²) in [5, 5.41) is 8.93. The van der Waals surface area contributed by atoms with Crippen molar-refractivity contribution < 1.29 is 14.7 Å². The number of urea groups is 1. The van der Waals surface area contributed by atoms with Crippen molar-refractivity contribution in [3.8, 4) is 0 Å². The second-order valence-electron chi connectivity index (χ2n) is 6.22. The van der Waals surface area contributed by atoms with Gasteiger partial charge in [0, 0.05) is 31.6 Å². The van der Waals surface area contributed by atoms with Gasteiger partial charge in [0.05, 0.1) is 12.5 Å². The van der Waals surface area contributed by atoms with Crippen LogP contribution in [0.4, 0.5) is 4.79 Å². The van der Waals surface area contributed by atoms with Crippen molar-refractivity contribution in [2.24, 2.45) is 5.41 Å². The monoisotopic (exact) mass is 288 g/mol. The maximum atomic E-state index is 12.4. The molecule has 1 saturated heterocycles. The van der Waals surface area contributed by atoms with E-state index in [0.29, 0.717) is 18.8 Å². The van der Waals surface area contributed by atoms with Gasteiger partial charge < -0.3 is 14.9 Å². The number of hydrogen-bond acceptors (Lipinski definition) is 3. The van der Waals surface area contributed by atoms with E-state index in [1.165, 1.54) is 0 Å². The van der Waals surface area contributed by atoms with Gasteiger partial charge in [-0.05, 0) is 5.41 Å². The average Bonchev–Trinajstić information content (AvgIpc) is 2.25. The molecule has 1 aliphatic heterocycles. The highest BCUT2D eigenvalue weighted by Crippen LogP contribution is 2.22. The van der Waals surface area contributed by atoms with E-state index in [0.717, 1.165) is 5.75 Å². The molecule has 0 bridgehead atoms. The molecule has 0 radical (unpaired) electrons. The van der Waals surface area contributed by atoms with Crippen LogP contribution in [0.25, 0.3) is 0 Å². The molecule has 0 aliphatic carbocycles. The van der Waals surface area contributed by atoms with Gasteiger partial charge in [-0.1, -0.05) is 20.8 Å². The van der Waals surface area contributed by atoms with Gasteiger partial charge in [-0.25, -0.2) is 4.79 Å². The highest BCUT2D eigenvalue weighted by atomic mass is 32.2. The summed E-state index contributed by atoms with van der Waals surface area (Å²) in [6.07, 6.45) is 0.0299. The first-order valence-corrected chi connectivity index (χ1v) is 7.67. The summed E-state index contributed by atoms with van der Waals surface area (Å²) in [5.41, 5.74) is 0.0389. The summed E-state index contributed by atoms with van der Waals surface area (Å²) >= 11 is 1.72. The predicted octanol–water partition coefficient (Wildman–Crippen LogP) is 1.98. The van der Waals surface area contributed by atoms with Gasteiger partial charge in [-0.2, -0.15) is 11.8 Å². The molecule has 1 rings (SSSR count).